The molecule has 150 valence electrons. The van der Waals surface area contributed by atoms with Gasteiger partial charge in [-0.25, -0.2) is 14.8 Å². The fraction of sp³-hybridized carbons (Fsp3) is 0.0385. The van der Waals surface area contributed by atoms with E-state index in [1.165, 1.54) is 0 Å². The minimum Gasteiger partial charge on any atom is -0.402 e. The van der Waals surface area contributed by atoms with Crippen molar-refractivity contribution in [1.29, 1.82) is 0 Å². The van der Waals surface area contributed by atoms with E-state index in [9.17, 15) is 4.79 Å². The molecule has 0 saturated heterocycles. The molecule has 0 N–H and O–H groups in total. The van der Waals surface area contributed by atoms with Gasteiger partial charge in [0.05, 0.1) is 5.52 Å². The highest BCUT2D eigenvalue weighted by molar-refractivity contribution is 7.99. The number of hydrogen-bond donors (Lipinski definition) is 0. The van der Waals surface area contributed by atoms with E-state index in [0.29, 0.717) is 5.90 Å². The van der Waals surface area contributed by atoms with Crippen LogP contribution in [0.15, 0.2) is 106 Å². The standard InChI is InChI=1S/C26H18N2O2S/c1-17-9-8-12-19-15-20(25(28-23(17)19)31-21-13-6-3-7-14-21)16-22-26(29)30-24(27-22)18-10-4-2-5-11-18/h2-16H,1H3. The molecule has 0 amide bonds. The molecule has 0 spiro atoms. The van der Waals surface area contributed by atoms with Crippen LogP contribution in [0, 0.1) is 6.92 Å². The van der Waals surface area contributed by atoms with E-state index in [0.717, 1.165) is 37.5 Å². The van der Waals surface area contributed by atoms with Gasteiger partial charge < -0.3 is 4.74 Å². The number of aromatic nitrogens is 1. The van der Waals surface area contributed by atoms with Crippen molar-refractivity contribution in [1.82, 2.24) is 4.98 Å². The second kappa shape index (κ2) is 8.20. The van der Waals surface area contributed by atoms with Crippen LogP contribution >= 0.6 is 11.8 Å². The highest BCUT2D eigenvalue weighted by atomic mass is 32.2. The molecule has 4 nitrogen and oxygen atoms in total. The fourth-order valence-corrected chi connectivity index (χ4v) is 4.28. The van der Waals surface area contributed by atoms with Crippen LogP contribution in [0.4, 0.5) is 0 Å². The molecule has 2 heterocycles. The molecular weight excluding hydrogens is 404 g/mol. The first kappa shape index (κ1) is 19.3. The Hall–Kier alpha value is -3.70. The van der Waals surface area contributed by atoms with Crippen molar-refractivity contribution < 1.29 is 9.53 Å². The van der Waals surface area contributed by atoms with E-state index in [1.807, 2.05) is 72.8 Å². The highest BCUT2D eigenvalue weighted by Gasteiger charge is 2.24. The third kappa shape index (κ3) is 4.00. The summed E-state index contributed by atoms with van der Waals surface area (Å²) in [4.78, 5) is 23.0. The first-order chi connectivity index (χ1) is 15.2. The van der Waals surface area contributed by atoms with Crippen LogP contribution in [0.5, 0.6) is 0 Å². The Morgan fingerprint density at radius 2 is 1.65 bits per heavy atom. The van der Waals surface area contributed by atoms with Gasteiger partial charge in [-0.15, -0.1) is 0 Å². The van der Waals surface area contributed by atoms with Gasteiger partial charge in [0.15, 0.2) is 5.70 Å². The Bertz CT molecular complexity index is 1350. The van der Waals surface area contributed by atoms with E-state index < -0.39 is 5.97 Å². The summed E-state index contributed by atoms with van der Waals surface area (Å²) in [6, 6.07) is 27.6. The quantitative estimate of drug-likeness (QED) is 0.297. The molecule has 0 aliphatic carbocycles. The molecule has 3 aromatic carbocycles. The average molecular weight is 423 g/mol. The average Bonchev–Trinajstić information content (AvgIpc) is 3.16. The third-order valence-corrected chi connectivity index (χ3v) is 5.96. The number of cyclic esters (lactones) is 1. The van der Waals surface area contributed by atoms with E-state index in [-0.39, 0.29) is 5.70 Å². The molecule has 1 aliphatic heterocycles. The molecule has 31 heavy (non-hydrogen) atoms. The number of aryl methyl sites for hydroxylation is 1. The predicted molar refractivity (Wildman–Crippen MR) is 124 cm³/mol. The number of hydrogen-bond acceptors (Lipinski definition) is 5. The van der Waals surface area contributed by atoms with Gasteiger partial charge in [-0.1, -0.05) is 66.4 Å². The zero-order valence-electron chi connectivity index (χ0n) is 16.8. The number of aliphatic imine (C=N–C) groups is 1. The van der Waals surface area contributed by atoms with E-state index >= 15 is 0 Å². The summed E-state index contributed by atoms with van der Waals surface area (Å²) >= 11 is 1.56. The van der Waals surface area contributed by atoms with E-state index in [1.54, 1.807) is 17.8 Å². The number of para-hydroxylation sites is 1. The normalized spacial score (nSPS) is 14.7. The molecule has 5 rings (SSSR count). The number of ether oxygens (including phenoxy) is 1. The Labute approximate surface area is 184 Å². The summed E-state index contributed by atoms with van der Waals surface area (Å²) in [6.07, 6.45) is 1.76. The van der Waals surface area contributed by atoms with Crippen LogP contribution in [0.25, 0.3) is 17.0 Å². The predicted octanol–water partition coefficient (Wildman–Crippen LogP) is 6.04. The van der Waals surface area contributed by atoms with Crippen molar-refractivity contribution in [3.8, 4) is 0 Å². The van der Waals surface area contributed by atoms with Gasteiger partial charge in [0.2, 0.25) is 5.90 Å². The largest absolute Gasteiger partial charge is 0.402 e. The van der Waals surface area contributed by atoms with Crippen molar-refractivity contribution in [2.75, 3.05) is 0 Å². The lowest BCUT2D eigenvalue weighted by Crippen LogP contribution is -2.05. The Morgan fingerprint density at radius 3 is 2.42 bits per heavy atom. The molecular formula is C26H18N2O2S. The Kier molecular flexibility index (Phi) is 5.10. The highest BCUT2D eigenvalue weighted by Crippen LogP contribution is 2.33. The molecule has 0 fully saturated rings. The van der Waals surface area contributed by atoms with Crippen molar-refractivity contribution in [2.45, 2.75) is 16.8 Å². The minimum absolute atomic E-state index is 0.266. The van der Waals surface area contributed by atoms with E-state index in [2.05, 4.69) is 24.0 Å². The Morgan fingerprint density at radius 1 is 0.903 bits per heavy atom. The van der Waals surface area contributed by atoms with Gasteiger partial charge in [-0.2, -0.15) is 0 Å². The summed E-state index contributed by atoms with van der Waals surface area (Å²) < 4.78 is 5.41. The molecule has 0 atom stereocenters. The van der Waals surface area contributed by atoms with Crippen LogP contribution in [-0.4, -0.2) is 16.9 Å². The van der Waals surface area contributed by atoms with Crippen LogP contribution in [-0.2, 0) is 9.53 Å². The first-order valence-electron chi connectivity index (χ1n) is 9.89. The lowest BCUT2D eigenvalue weighted by Gasteiger charge is -2.09. The van der Waals surface area contributed by atoms with Crippen molar-refractivity contribution in [3.63, 3.8) is 0 Å². The monoisotopic (exact) mass is 422 g/mol. The summed E-state index contributed by atoms with van der Waals surface area (Å²) in [6.45, 7) is 2.05. The van der Waals surface area contributed by atoms with Gasteiger partial charge in [0, 0.05) is 21.4 Å². The number of fused-ring (bicyclic) bond motifs is 1. The number of benzene rings is 3. The number of carbonyl (C=O) groups is 1. The fourth-order valence-electron chi connectivity index (χ4n) is 3.39. The number of carbonyl (C=O) groups excluding carboxylic acids is 1. The zero-order valence-corrected chi connectivity index (χ0v) is 17.6. The lowest BCUT2D eigenvalue weighted by molar-refractivity contribution is -0.129. The summed E-state index contributed by atoms with van der Waals surface area (Å²) in [5.74, 6) is -0.141. The topological polar surface area (TPSA) is 51.5 Å². The van der Waals surface area contributed by atoms with Gasteiger partial charge in [-0.3, -0.25) is 0 Å². The van der Waals surface area contributed by atoms with Crippen molar-refractivity contribution in [3.05, 3.63) is 107 Å². The van der Waals surface area contributed by atoms with Crippen LogP contribution in [0.2, 0.25) is 0 Å². The molecule has 1 aliphatic rings. The molecule has 0 saturated carbocycles. The summed E-state index contributed by atoms with van der Waals surface area (Å²) in [7, 11) is 0. The molecule has 0 unspecified atom stereocenters. The van der Waals surface area contributed by atoms with Crippen LogP contribution < -0.4 is 0 Å². The van der Waals surface area contributed by atoms with Gasteiger partial charge in [-0.05, 0) is 48.9 Å². The third-order valence-electron chi connectivity index (χ3n) is 4.93. The van der Waals surface area contributed by atoms with Crippen LogP contribution in [0.3, 0.4) is 0 Å². The van der Waals surface area contributed by atoms with Gasteiger partial charge in [0.1, 0.15) is 5.03 Å². The zero-order chi connectivity index (χ0) is 21.2. The number of rotatable bonds is 4. The number of nitrogens with zero attached hydrogens (tertiary/aromatic N) is 2. The molecule has 0 radical (unpaired) electrons. The Balaban J connectivity index is 1.62. The second-order valence-electron chi connectivity index (χ2n) is 7.15. The smallest absolute Gasteiger partial charge is 0.363 e. The lowest BCUT2D eigenvalue weighted by atomic mass is 10.1. The molecule has 1 aromatic heterocycles. The first-order valence-corrected chi connectivity index (χ1v) is 10.7. The summed E-state index contributed by atoms with van der Waals surface area (Å²) in [5.41, 5.74) is 3.92. The maximum Gasteiger partial charge on any atom is 0.363 e. The molecule has 5 heteroatoms. The molecule has 4 aromatic rings. The van der Waals surface area contributed by atoms with Crippen molar-refractivity contribution in [2.24, 2.45) is 4.99 Å². The number of esters is 1. The van der Waals surface area contributed by atoms with Gasteiger partial charge in [0.25, 0.3) is 0 Å². The molecule has 0 bridgehead atoms. The maximum absolute atomic E-state index is 12.5. The van der Waals surface area contributed by atoms with Crippen LogP contribution in [0.1, 0.15) is 16.7 Å². The summed E-state index contributed by atoms with van der Waals surface area (Å²) in [5, 5.41) is 1.83. The second-order valence-corrected chi connectivity index (χ2v) is 8.21. The minimum atomic E-state index is -0.459. The van der Waals surface area contributed by atoms with E-state index in [4.69, 9.17) is 9.72 Å². The maximum atomic E-state index is 12.5. The van der Waals surface area contributed by atoms with Gasteiger partial charge >= 0.3 is 5.97 Å². The SMILES string of the molecule is Cc1cccc2cc(C=C3N=C(c4ccccc4)OC3=O)c(Sc3ccccc3)nc12. The van der Waals surface area contributed by atoms with Crippen molar-refractivity contribution >= 4 is 40.6 Å². The number of pyridine rings is 1.